The first-order chi connectivity index (χ1) is 15.0. The van der Waals surface area contributed by atoms with Crippen molar-refractivity contribution in [2.24, 2.45) is 17.6 Å². The minimum Gasteiger partial charge on any atom is -0.478 e. The number of fused-ring (bicyclic) bond motifs is 1. The summed E-state index contributed by atoms with van der Waals surface area (Å²) >= 11 is 0. The number of hydrogen-bond donors (Lipinski definition) is 3. The largest absolute Gasteiger partial charge is 0.478 e. The Morgan fingerprint density at radius 3 is 2.65 bits per heavy atom. The van der Waals surface area contributed by atoms with E-state index in [1.165, 1.54) is 12.1 Å². The highest BCUT2D eigenvalue weighted by atomic mass is 16.5. The fourth-order valence-corrected chi connectivity index (χ4v) is 4.26. The van der Waals surface area contributed by atoms with Gasteiger partial charge >= 0.3 is 5.97 Å². The van der Waals surface area contributed by atoms with Crippen molar-refractivity contribution in [3.05, 3.63) is 59.8 Å². The molecule has 1 heterocycles. The standard InChI is InChI=1S/C24H23N3O4/c25-12-15-2-1-3-19(15)23(28)21(26)10-16-13-27-22-9-8-18(11-20(16)22)31-17-6-4-14(5-7-17)24(29)30/h4-9,11,13,15,19,21,27H,1-3,10,26H2,(H,29,30). The van der Waals surface area contributed by atoms with Crippen LogP contribution >= 0.6 is 0 Å². The quantitative estimate of drug-likeness (QED) is 0.532. The number of nitriles is 1. The lowest BCUT2D eigenvalue weighted by atomic mass is 9.87. The number of carboxylic acid groups (broad SMARTS) is 1. The summed E-state index contributed by atoms with van der Waals surface area (Å²) in [4.78, 5) is 27.0. The molecule has 0 radical (unpaired) electrons. The molecule has 1 saturated carbocycles. The topological polar surface area (TPSA) is 129 Å². The van der Waals surface area contributed by atoms with Crippen LogP contribution in [0.15, 0.2) is 48.7 Å². The predicted octanol–water partition coefficient (Wildman–Crippen LogP) is 4.04. The minimum absolute atomic E-state index is 0.0377. The number of Topliss-reactive ketones (excluding diaryl/α,β-unsaturated/α-hetero) is 1. The molecule has 1 aliphatic carbocycles. The Balaban J connectivity index is 1.51. The number of H-pyrrole nitrogens is 1. The van der Waals surface area contributed by atoms with Gasteiger partial charge in [0, 0.05) is 23.0 Å². The fraction of sp³-hybridized carbons (Fsp3) is 0.292. The molecule has 31 heavy (non-hydrogen) atoms. The molecule has 7 nitrogen and oxygen atoms in total. The molecule has 0 saturated heterocycles. The number of aromatic carboxylic acids is 1. The summed E-state index contributed by atoms with van der Waals surface area (Å²) in [6, 6.07) is 13.3. The Morgan fingerprint density at radius 1 is 1.19 bits per heavy atom. The van der Waals surface area contributed by atoms with Gasteiger partial charge in [-0.3, -0.25) is 4.79 Å². The first-order valence-corrected chi connectivity index (χ1v) is 10.3. The third-order valence-corrected chi connectivity index (χ3v) is 5.93. The smallest absolute Gasteiger partial charge is 0.335 e. The second-order valence-corrected chi connectivity index (χ2v) is 7.94. The van der Waals surface area contributed by atoms with Crippen molar-refractivity contribution in [3.8, 4) is 17.6 Å². The van der Waals surface area contributed by atoms with Crippen LogP contribution in [0.4, 0.5) is 0 Å². The predicted molar refractivity (Wildman–Crippen MR) is 115 cm³/mol. The van der Waals surface area contributed by atoms with Crippen molar-refractivity contribution in [2.45, 2.75) is 31.7 Å². The van der Waals surface area contributed by atoms with Gasteiger partial charge in [-0.1, -0.05) is 6.42 Å². The number of aromatic nitrogens is 1. The maximum atomic E-state index is 12.8. The van der Waals surface area contributed by atoms with Gasteiger partial charge in [-0.25, -0.2) is 4.79 Å². The summed E-state index contributed by atoms with van der Waals surface area (Å²) in [6.45, 7) is 0. The van der Waals surface area contributed by atoms with E-state index in [-0.39, 0.29) is 23.2 Å². The molecular formula is C24H23N3O4. The molecule has 7 heteroatoms. The Morgan fingerprint density at radius 2 is 1.94 bits per heavy atom. The van der Waals surface area contributed by atoms with Crippen LogP contribution in [-0.4, -0.2) is 27.9 Å². The van der Waals surface area contributed by atoms with E-state index in [1.807, 2.05) is 24.4 Å². The molecule has 1 aliphatic rings. The first-order valence-electron chi connectivity index (χ1n) is 10.3. The van der Waals surface area contributed by atoms with Crippen LogP contribution < -0.4 is 10.5 Å². The Labute approximate surface area is 179 Å². The average molecular weight is 417 g/mol. The van der Waals surface area contributed by atoms with Crippen LogP contribution in [0, 0.1) is 23.2 Å². The molecule has 2 aromatic carbocycles. The lowest BCUT2D eigenvalue weighted by Gasteiger charge is -2.17. The van der Waals surface area contributed by atoms with Crippen LogP contribution in [0.2, 0.25) is 0 Å². The SMILES string of the molecule is N#CC1CCCC1C(=O)C(N)Cc1c[nH]c2ccc(Oc3ccc(C(=O)O)cc3)cc12. The molecule has 4 rings (SSSR count). The third kappa shape index (κ3) is 4.30. The van der Waals surface area contributed by atoms with Crippen molar-refractivity contribution in [2.75, 3.05) is 0 Å². The number of rotatable bonds is 7. The van der Waals surface area contributed by atoms with E-state index >= 15 is 0 Å². The zero-order valence-electron chi connectivity index (χ0n) is 16.9. The second-order valence-electron chi connectivity index (χ2n) is 7.94. The number of hydrogen-bond acceptors (Lipinski definition) is 5. The van der Waals surface area contributed by atoms with Crippen LogP contribution in [-0.2, 0) is 11.2 Å². The molecule has 0 bridgehead atoms. The number of carbonyl (C=O) groups is 2. The van der Waals surface area contributed by atoms with Crippen LogP contribution in [0.3, 0.4) is 0 Å². The van der Waals surface area contributed by atoms with Crippen molar-refractivity contribution in [1.82, 2.24) is 4.98 Å². The van der Waals surface area contributed by atoms with E-state index in [9.17, 15) is 14.9 Å². The first kappa shape index (κ1) is 20.6. The molecule has 4 N–H and O–H groups in total. The van der Waals surface area contributed by atoms with Crippen LogP contribution in [0.5, 0.6) is 11.5 Å². The van der Waals surface area contributed by atoms with Crippen molar-refractivity contribution < 1.29 is 19.4 Å². The summed E-state index contributed by atoms with van der Waals surface area (Å²) in [7, 11) is 0. The third-order valence-electron chi connectivity index (χ3n) is 5.93. The average Bonchev–Trinajstić information content (AvgIpc) is 3.40. The zero-order valence-corrected chi connectivity index (χ0v) is 16.9. The minimum atomic E-state index is -0.991. The molecule has 3 atom stereocenters. The summed E-state index contributed by atoms with van der Waals surface area (Å²) in [5, 5.41) is 19.2. The number of ketones is 1. The Hall–Kier alpha value is -3.63. The van der Waals surface area contributed by atoms with E-state index < -0.39 is 12.0 Å². The molecule has 3 aromatic rings. The Bertz CT molecular complexity index is 1160. The molecule has 0 spiro atoms. The lowest BCUT2D eigenvalue weighted by molar-refractivity contribution is -0.124. The number of nitrogens with zero attached hydrogens (tertiary/aromatic N) is 1. The van der Waals surface area contributed by atoms with E-state index in [1.54, 1.807) is 12.1 Å². The molecular weight excluding hydrogens is 394 g/mol. The number of ether oxygens (including phenoxy) is 1. The van der Waals surface area contributed by atoms with Crippen molar-refractivity contribution in [1.29, 1.82) is 5.26 Å². The van der Waals surface area contributed by atoms with E-state index in [4.69, 9.17) is 15.6 Å². The highest BCUT2D eigenvalue weighted by Crippen LogP contribution is 2.33. The Kier molecular flexibility index (Phi) is 5.74. The second kappa shape index (κ2) is 8.62. The van der Waals surface area contributed by atoms with Gasteiger partial charge in [-0.05, 0) is 67.3 Å². The van der Waals surface area contributed by atoms with Gasteiger partial charge < -0.3 is 20.6 Å². The highest BCUT2D eigenvalue weighted by molar-refractivity contribution is 5.89. The number of benzene rings is 2. The van der Waals surface area contributed by atoms with Gasteiger partial charge in [0.15, 0.2) is 5.78 Å². The summed E-state index contributed by atoms with van der Waals surface area (Å²) < 4.78 is 5.87. The lowest BCUT2D eigenvalue weighted by Crippen LogP contribution is -2.38. The van der Waals surface area contributed by atoms with Crippen molar-refractivity contribution >= 4 is 22.7 Å². The molecule has 0 aliphatic heterocycles. The molecule has 0 amide bonds. The van der Waals surface area contributed by atoms with E-state index in [0.717, 1.165) is 35.7 Å². The van der Waals surface area contributed by atoms with Gasteiger partial charge in [0.05, 0.1) is 23.6 Å². The number of carbonyl (C=O) groups excluding carboxylic acids is 1. The van der Waals surface area contributed by atoms with Gasteiger partial charge in [-0.2, -0.15) is 5.26 Å². The number of aromatic amines is 1. The summed E-state index contributed by atoms with van der Waals surface area (Å²) in [5.41, 5.74) is 8.25. The van der Waals surface area contributed by atoms with Gasteiger partial charge in [0.25, 0.3) is 0 Å². The van der Waals surface area contributed by atoms with Crippen LogP contribution in [0.25, 0.3) is 10.9 Å². The monoisotopic (exact) mass is 417 g/mol. The molecule has 3 unspecified atom stereocenters. The normalized spacial score (nSPS) is 19.1. The maximum absolute atomic E-state index is 12.8. The van der Waals surface area contributed by atoms with Crippen LogP contribution in [0.1, 0.15) is 35.2 Å². The number of carboxylic acids is 1. The van der Waals surface area contributed by atoms with Gasteiger partial charge in [0.2, 0.25) is 0 Å². The number of nitrogens with two attached hydrogens (primary N) is 1. The maximum Gasteiger partial charge on any atom is 0.335 e. The summed E-state index contributed by atoms with van der Waals surface area (Å²) in [5.74, 6) is -0.403. The number of nitrogens with one attached hydrogen (secondary N) is 1. The summed E-state index contributed by atoms with van der Waals surface area (Å²) in [6.07, 6.45) is 4.62. The van der Waals surface area contributed by atoms with Crippen molar-refractivity contribution in [3.63, 3.8) is 0 Å². The molecule has 1 fully saturated rings. The van der Waals surface area contributed by atoms with Gasteiger partial charge in [-0.15, -0.1) is 0 Å². The van der Waals surface area contributed by atoms with E-state index in [0.29, 0.717) is 17.9 Å². The van der Waals surface area contributed by atoms with Gasteiger partial charge in [0.1, 0.15) is 11.5 Å². The van der Waals surface area contributed by atoms with E-state index in [2.05, 4.69) is 11.1 Å². The molecule has 1 aromatic heterocycles. The molecule has 158 valence electrons. The zero-order chi connectivity index (χ0) is 22.0. The fourth-order valence-electron chi connectivity index (χ4n) is 4.26. The highest BCUT2D eigenvalue weighted by Gasteiger charge is 2.35.